The van der Waals surface area contributed by atoms with Crippen LogP contribution < -0.4 is 4.74 Å². The summed E-state index contributed by atoms with van der Waals surface area (Å²) in [6.45, 7) is 5.09. The molecule has 1 aromatic heterocycles. The molecule has 0 unspecified atom stereocenters. The van der Waals surface area contributed by atoms with Gasteiger partial charge >= 0.3 is 11.0 Å². The fourth-order valence-electron chi connectivity index (χ4n) is 1.23. The van der Waals surface area contributed by atoms with E-state index in [1.54, 1.807) is 20.8 Å². The Labute approximate surface area is 117 Å². The molecule has 0 fully saturated rings. The van der Waals surface area contributed by atoms with Crippen LogP contribution in [0.2, 0.25) is 0 Å². The average Bonchev–Trinajstić information content (AvgIpc) is 2.27. The van der Waals surface area contributed by atoms with Gasteiger partial charge in [0, 0.05) is 15.9 Å². The molecule has 1 heterocycles. The Morgan fingerprint density at radius 3 is 2.32 bits per heavy atom. The van der Waals surface area contributed by atoms with Gasteiger partial charge in [-0.3, -0.25) is 4.79 Å². The predicted octanol–water partition coefficient (Wildman–Crippen LogP) is 2.64. The minimum absolute atomic E-state index is 0.163. The van der Waals surface area contributed by atoms with E-state index >= 15 is 0 Å². The number of halogens is 3. The summed E-state index contributed by atoms with van der Waals surface area (Å²) in [6.07, 6.45) is 2.14. The molecule has 0 spiro atoms. The SMILES string of the molecule is CCOC(=O)C(C)(C)c1ncc(OC(F)(F)Br)cn1. The molecular formula is C11H13BrF2N2O3. The Balaban J connectivity index is 2.89. The summed E-state index contributed by atoms with van der Waals surface area (Å²) in [5, 5.41) is -3.49. The van der Waals surface area contributed by atoms with E-state index in [1.807, 2.05) is 15.9 Å². The molecule has 0 aromatic carbocycles. The maximum atomic E-state index is 12.5. The van der Waals surface area contributed by atoms with E-state index in [9.17, 15) is 13.6 Å². The van der Waals surface area contributed by atoms with Crippen LogP contribution in [0.3, 0.4) is 0 Å². The second kappa shape index (κ2) is 5.77. The van der Waals surface area contributed by atoms with Gasteiger partial charge in [-0.05, 0) is 20.8 Å². The highest BCUT2D eigenvalue weighted by Crippen LogP contribution is 2.27. The maximum absolute atomic E-state index is 12.5. The summed E-state index contributed by atoms with van der Waals surface area (Å²) < 4.78 is 34.2. The number of hydrogen-bond acceptors (Lipinski definition) is 5. The van der Waals surface area contributed by atoms with Crippen molar-refractivity contribution in [2.75, 3.05) is 6.61 Å². The van der Waals surface area contributed by atoms with Gasteiger partial charge < -0.3 is 9.47 Å². The number of esters is 1. The van der Waals surface area contributed by atoms with Crippen LogP contribution in [0, 0.1) is 0 Å². The molecule has 8 heteroatoms. The van der Waals surface area contributed by atoms with Crippen LogP contribution in [0.1, 0.15) is 26.6 Å². The largest absolute Gasteiger partial charge is 0.465 e. The fraction of sp³-hybridized carbons (Fsp3) is 0.545. The van der Waals surface area contributed by atoms with Crippen molar-refractivity contribution in [3.8, 4) is 5.75 Å². The maximum Gasteiger partial charge on any atom is 0.459 e. The Bertz CT molecular complexity index is 446. The molecule has 0 saturated carbocycles. The first-order valence-electron chi connectivity index (χ1n) is 5.42. The van der Waals surface area contributed by atoms with Crippen molar-refractivity contribution in [2.24, 2.45) is 0 Å². The molecule has 0 radical (unpaired) electrons. The van der Waals surface area contributed by atoms with E-state index < -0.39 is 16.4 Å². The number of carbonyl (C=O) groups is 1. The van der Waals surface area contributed by atoms with E-state index in [2.05, 4.69) is 14.7 Å². The number of nitrogens with zero attached hydrogens (tertiary/aromatic N) is 2. The van der Waals surface area contributed by atoms with Gasteiger partial charge in [0.2, 0.25) is 0 Å². The highest BCUT2D eigenvalue weighted by molar-refractivity contribution is 9.09. The lowest BCUT2D eigenvalue weighted by molar-refractivity contribution is -0.149. The number of ether oxygens (including phenoxy) is 2. The first-order chi connectivity index (χ1) is 8.66. The van der Waals surface area contributed by atoms with Gasteiger partial charge in [0.1, 0.15) is 11.2 Å². The third kappa shape index (κ3) is 4.38. The molecule has 0 saturated heterocycles. The smallest absolute Gasteiger partial charge is 0.459 e. The number of aromatic nitrogens is 2. The summed E-state index contributed by atoms with van der Waals surface area (Å²) >= 11 is 2.03. The normalized spacial score (nSPS) is 12.1. The third-order valence-corrected chi connectivity index (χ3v) is 2.37. The van der Waals surface area contributed by atoms with Crippen molar-refractivity contribution in [1.29, 1.82) is 0 Å². The zero-order chi connectivity index (χ0) is 14.7. The van der Waals surface area contributed by atoms with Crippen LogP contribution in [0.4, 0.5) is 8.78 Å². The Morgan fingerprint density at radius 2 is 1.89 bits per heavy atom. The van der Waals surface area contributed by atoms with E-state index in [0.717, 1.165) is 12.4 Å². The van der Waals surface area contributed by atoms with Gasteiger partial charge in [0.15, 0.2) is 5.75 Å². The van der Waals surface area contributed by atoms with Crippen molar-refractivity contribution in [2.45, 2.75) is 31.2 Å². The van der Waals surface area contributed by atoms with Crippen LogP contribution >= 0.6 is 15.9 Å². The number of alkyl halides is 3. The van der Waals surface area contributed by atoms with Gasteiger partial charge in [0.05, 0.1) is 19.0 Å². The summed E-state index contributed by atoms with van der Waals surface area (Å²) in [5.41, 5.74) is -1.06. The fourth-order valence-corrected chi connectivity index (χ4v) is 1.41. The van der Waals surface area contributed by atoms with Crippen molar-refractivity contribution in [3.05, 3.63) is 18.2 Å². The first kappa shape index (κ1) is 15.7. The molecule has 0 aliphatic carbocycles. The molecule has 1 aromatic rings. The van der Waals surface area contributed by atoms with Crippen LogP contribution in [-0.4, -0.2) is 27.6 Å². The van der Waals surface area contributed by atoms with E-state index in [-0.39, 0.29) is 18.2 Å². The first-order valence-corrected chi connectivity index (χ1v) is 6.21. The van der Waals surface area contributed by atoms with Crippen molar-refractivity contribution in [3.63, 3.8) is 0 Å². The summed E-state index contributed by atoms with van der Waals surface area (Å²) in [6, 6.07) is 0. The van der Waals surface area contributed by atoms with Crippen LogP contribution in [0.25, 0.3) is 0 Å². The zero-order valence-electron chi connectivity index (χ0n) is 10.6. The quantitative estimate of drug-likeness (QED) is 0.610. The monoisotopic (exact) mass is 338 g/mol. The molecule has 0 bridgehead atoms. The minimum atomic E-state index is -3.49. The minimum Gasteiger partial charge on any atom is -0.465 e. The molecular weight excluding hydrogens is 326 g/mol. The Morgan fingerprint density at radius 1 is 1.37 bits per heavy atom. The Kier molecular flexibility index (Phi) is 4.78. The molecule has 0 aliphatic rings. The topological polar surface area (TPSA) is 61.3 Å². The predicted molar refractivity (Wildman–Crippen MR) is 66.2 cm³/mol. The van der Waals surface area contributed by atoms with Gasteiger partial charge in [-0.2, -0.15) is 8.78 Å². The number of rotatable bonds is 5. The molecule has 106 valence electrons. The van der Waals surface area contributed by atoms with Gasteiger partial charge in [-0.1, -0.05) is 0 Å². The van der Waals surface area contributed by atoms with Crippen LogP contribution in [0.5, 0.6) is 5.75 Å². The molecule has 0 N–H and O–H groups in total. The molecule has 5 nitrogen and oxygen atoms in total. The van der Waals surface area contributed by atoms with E-state index in [4.69, 9.17) is 4.74 Å². The molecule has 0 aliphatic heterocycles. The van der Waals surface area contributed by atoms with Crippen molar-refractivity contribution in [1.82, 2.24) is 9.97 Å². The Hall–Kier alpha value is -1.31. The second-order valence-electron chi connectivity index (χ2n) is 4.14. The zero-order valence-corrected chi connectivity index (χ0v) is 12.2. The molecule has 0 amide bonds. The third-order valence-electron chi connectivity index (χ3n) is 2.21. The molecule has 1 rings (SSSR count). The lowest BCUT2D eigenvalue weighted by Gasteiger charge is -2.20. The van der Waals surface area contributed by atoms with E-state index in [0.29, 0.717) is 0 Å². The highest BCUT2D eigenvalue weighted by atomic mass is 79.9. The van der Waals surface area contributed by atoms with Crippen molar-refractivity contribution < 1.29 is 23.0 Å². The molecule has 0 atom stereocenters. The second-order valence-corrected chi connectivity index (χ2v) is 5.06. The number of carbonyl (C=O) groups excluding carboxylic acids is 1. The van der Waals surface area contributed by atoms with Crippen LogP contribution in [0.15, 0.2) is 12.4 Å². The average molecular weight is 339 g/mol. The van der Waals surface area contributed by atoms with Gasteiger partial charge in [-0.25, -0.2) is 9.97 Å². The summed E-state index contributed by atoms with van der Waals surface area (Å²) in [7, 11) is 0. The summed E-state index contributed by atoms with van der Waals surface area (Å²) in [4.78, 5) is 19.4. The summed E-state index contributed by atoms with van der Waals surface area (Å²) in [5.74, 6) is -0.545. The van der Waals surface area contributed by atoms with Gasteiger partial charge in [0.25, 0.3) is 0 Å². The highest BCUT2D eigenvalue weighted by Gasteiger charge is 2.35. The number of hydrogen-bond donors (Lipinski definition) is 0. The van der Waals surface area contributed by atoms with Gasteiger partial charge in [-0.15, -0.1) is 0 Å². The van der Waals surface area contributed by atoms with Crippen molar-refractivity contribution >= 4 is 21.9 Å². The van der Waals surface area contributed by atoms with E-state index in [1.165, 1.54) is 0 Å². The van der Waals surface area contributed by atoms with Crippen LogP contribution in [-0.2, 0) is 14.9 Å². The standard InChI is InChI=1S/C11H13BrF2N2O3/c1-4-18-9(17)10(2,3)8-15-5-7(6-16-8)19-11(12,13)14/h5-6H,4H2,1-3H3. The molecule has 19 heavy (non-hydrogen) atoms. The lowest BCUT2D eigenvalue weighted by Crippen LogP contribution is -2.33. The lowest BCUT2D eigenvalue weighted by atomic mass is 9.92.